The van der Waals surface area contributed by atoms with Crippen LogP contribution >= 0.6 is 0 Å². The number of nitrogens with one attached hydrogen (secondary N) is 2. The molecule has 3 atom stereocenters. The number of carbonyl (C=O) groups is 1. The molecule has 0 aliphatic carbocycles. The highest BCUT2D eigenvalue weighted by atomic mass is 19.4. The van der Waals surface area contributed by atoms with Gasteiger partial charge in [0.1, 0.15) is 6.61 Å². The summed E-state index contributed by atoms with van der Waals surface area (Å²) in [5.41, 5.74) is 0.425. The van der Waals surface area contributed by atoms with Gasteiger partial charge >= 0.3 is 12.3 Å². The molecule has 2 fully saturated rings. The van der Waals surface area contributed by atoms with Crippen LogP contribution in [0.3, 0.4) is 0 Å². The van der Waals surface area contributed by atoms with Gasteiger partial charge in [0.05, 0.1) is 29.4 Å². The fraction of sp³-hybridized carbons (Fsp3) is 0.458. The van der Waals surface area contributed by atoms with Crippen molar-refractivity contribution in [2.45, 2.75) is 50.0 Å². The Kier molecular flexibility index (Phi) is 5.94. The normalized spacial score (nSPS) is 26.6. The molecule has 0 aromatic heterocycles. The van der Waals surface area contributed by atoms with E-state index in [9.17, 15) is 18.0 Å². The molecule has 2 aromatic carbocycles. The van der Waals surface area contributed by atoms with Crippen molar-refractivity contribution in [3.63, 3.8) is 0 Å². The summed E-state index contributed by atoms with van der Waals surface area (Å²) in [6.07, 6.45) is -3.97. The van der Waals surface area contributed by atoms with Gasteiger partial charge in [0, 0.05) is 6.54 Å². The number of alkyl carbamates (subject to hydrolysis) is 1. The van der Waals surface area contributed by atoms with E-state index in [4.69, 9.17) is 9.47 Å². The van der Waals surface area contributed by atoms with Gasteiger partial charge in [-0.2, -0.15) is 13.2 Å². The Hall–Kier alpha value is -2.58. The fourth-order valence-corrected chi connectivity index (χ4v) is 4.47. The van der Waals surface area contributed by atoms with Gasteiger partial charge in [-0.3, -0.25) is 0 Å². The van der Waals surface area contributed by atoms with Gasteiger partial charge in [-0.05, 0) is 49.9 Å². The van der Waals surface area contributed by atoms with Crippen LogP contribution in [0.2, 0.25) is 0 Å². The van der Waals surface area contributed by atoms with E-state index in [0.717, 1.165) is 17.7 Å². The number of halogens is 3. The second-order valence-corrected chi connectivity index (χ2v) is 8.87. The lowest BCUT2D eigenvalue weighted by molar-refractivity contribution is -0.137. The minimum atomic E-state index is -4.40. The third-order valence-corrected chi connectivity index (χ3v) is 6.44. The number of rotatable bonds is 5. The number of amides is 1. The van der Waals surface area contributed by atoms with Crippen LogP contribution in [0, 0.1) is 6.92 Å². The topological polar surface area (TPSA) is 59.6 Å². The fourth-order valence-electron chi connectivity index (χ4n) is 4.47. The van der Waals surface area contributed by atoms with Crippen LogP contribution in [0.15, 0.2) is 48.5 Å². The SMILES string of the molecule is Cc1cc([C@@H](C)OC[C@@]2(c3ccccc3)CC[C@@]3(CN2)COC(=O)N3)cc(C(F)(F)F)c1. The summed E-state index contributed by atoms with van der Waals surface area (Å²) in [6.45, 7) is 4.51. The number of carbonyl (C=O) groups excluding carboxylic acids is 1. The van der Waals surface area contributed by atoms with E-state index in [1.807, 2.05) is 30.3 Å². The molecule has 32 heavy (non-hydrogen) atoms. The zero-order valence-corrected chi connectivity index (χ0v) is 18.1. The molecular weight excluding hydrogens is 421 g/mol. The monoisotopic (exact) mass is 448 g/mol. The molecule has 4 rings (SSSR count). The quantitative estimate of drug-likeness (QED) is 0.687. The molecule has 2 saturated heterocycles. The Morgan fingerprint density at radius 1 is 1.16 bits per heavy atom. The second kappa shape index (κ2) is 8.41. The predicted octanol–water partition coefficient (Wildman–Crippen LogP) is 4.85. The average molecular weight is 448 g/mol. The summed E-state index contributed by atoms with van der Waals surface area (Å²) < 4.78 is 51.0. The van der Waals surface area contributed by atoms with E-state index in [0.29, 0.717) is 37.1 Å². The first-order chi connectivity index (χ1) is 15.1. The summed E-state index contributed by atoms with van der Waals surface area (Å²) in [7, 11) is 0. The molecule has 2 aliphatic heterocycles. The Bertz CT molecular complexity index is 970. The van der Waals surface area contributed by atoms with Crippen LogP contribution in [0.5, 0.6) is 0 Å². The van der Waals surface area contributed by atoms with Crippen molar-refractivity contribution in [3.05, 3.63) is 70.8 Å². The molecule has 0 saturated carbocycles. The van der Waals surface area contributed by atoms with Crippen LogP contribution in [-0.2, 0) is 21.2 Å². The van der Waals surface area contributed by atoms with Crippen molar-refractivity contribution >= 4 is 6.09 Å². The van der Waals surface area contributed by atoms with E-state index < -0.39 is 35.0 Å². The third kappa shape index (κ3) is 4.61. The molecule has 2 heterocycles. The maximum Gasteiger partial charge on any atom is 0.416 e. The summed E-state index contributed by atoms with van der Waals surface area (Å²) in [5, 5.41) is 6.46. The van der Waals surface area contributed by atoms with E-state index >= 15 is 0 Å². The number of cyclic esters (lactones) is 1. The molecule has 0 bridgehead atoms. The van der Waals surface area contributed by atoms with Crippen molar-refractivity contribution in [3.8, 4) is 0 Å². The van der Waals surface area contributed by atoms with E-state index in [2.05, 4.69) is 10.6 Å². The lowest BCUT2D eigenvalue weighted by atomic mass is 9.77. The highest BCUT2D eigenvalue weighted by Gasteiger charge is 2.48. The van der Waals surface area contributed by atoms with Crippen molar-refractivity contribution in [1.82, 2.24) is 10.6 Å². The van der Waals surface area contributed by atoms with Gasteiger partial charge in [-0.25, -0.2) is 4.79 Å². The molecular formula is C24H27F3N2O3. The lowest BCUT2D eigenvalue weighted by Crippen LogP contribution is -2.62. The van der Waals surface area contributed by atoms with Gasteiger partial charge in [-0.1, -0.05) is 42.0 Å². The van der Waals surface area contributed by atoms with E-state index in [1.165, 1.54) is 0 Å². The first kappa shape index (κ1) is 22.6. The van der Waals surface area contributed by atoms with Crippen LogP contribution < -0.4 is 10.6 Å². The van der Waals surface area contributed by atoms with Crippen molar-refractivity contribution in [1.29, 1.82) is 0 Å². The maximum atomic E-state index is 13.3. The molecule has 2 aliphatic rings. The Morgan fingerprint density at radius 2 is 1.91 bits per heavy atom. The molecule has 1 amide bonds. The smallest absolute Gasteiger partial charge is 0.416 e. The molecule has 0 unspecified atom stereocenters. The minimum Gasteiger partial charge on any atom is -0.447 e. The second-order valence-electron chi connectivity index (χ2n) is 8.87. The van der Waals surface area contributed by atoms with Crippen LogP contribution in [0.1, 0.15) is 48.1 Å². The number of hydrogen-bond acceptors (Lipinski definition) is 4. The lowest BCUT2D eigenvalue weighted by Gasteiger charge is -2.45. The van der Waals surface area contributed by atoms with Gasteiger partial charge in [-0.15, -0.1) is 0 Å². The number of piperidine rings is 1. The summed E-state index contributed by atoms with van der Waals surface area (Å²) in [6, 6.07) is 13.9. The Morgan fingerprint density at radius 3 is 2.50 bits per heavy atom. The number of hydrogen-bond donors (Lipinski definition) is 2. The number of aryl methyl sites for hydroxylation is 1. The highest BCUT2D eigenvalue weighted by Crippen LogP contribution is 2.38. The summed E-state index contributed by atoms with van der Waals surface area (Å²) in [4.78, 5) is 11.6. The zero-order valence-electron chi connectivity index (χ0n) is 18.1. The molecule has 5 nitrogen and oxygen atoms in total. The first-order valence-electron chi connectivity index (χ1n) is 10.7. The van der Waals surface area contributed by atoms with E-state index in [-0.39, 0.29) is 6.61 Å². The number of ether oxygens (including phenoxy) is 2. The van der Waals surface area contributed by atoms with Crippen molar-refractivity contribution in [2.24, 2.45) is 0 Å². The predicted molar refractivity (Wildman–Crippen MR) is 113 cm³/mol. The van der Waals surface area contributed by atoms with Gasteiger partial charge in [0.15, 0.2) is 0 Å². The van der Waals surface area contributed by atoms with Crippen LogP contribution in [-0.4, -0.2) is 31.4 Å². The van der Waals surface area contributed by atoms with E-state index in [1.54, 1.807) is 19.9 Å². The Balaban J connectivity index is 1.53. The molecule has 172 valence electrons. The molecule has 0 radical (unpaired) electrons. The molecule has 2 aromatic rings. The standard InChI is InChI=1S/C24H27F3N2O3/c1-16-10-18(12-20(11-16)24(25,26)27)17(2)31-15-23(19-6-4-3-5-7-19)9-8-22(13-28-23)14-32-21(30)29-22/h3-7,10-12,17,28H,8-9,13-15H2,1-2H3,(H,29,30)/t17-,22-,23-/m1/s1. The molecule has 8 heteroatoms. The summed E-state index contributed by atoms with van der Waals surface area (Å²) in [5.74, 6) is 0. The largest absolute Gasteiger partial charge is 0.447 e. The maximum absolute atomic E-state index is 13.3. The molecule has 2 N–H and O–H groups in total. The highest BCUT2D eigenvalue weighted by molar-refractivity contribution is 5.70. The van der Waals surface area contributed by atoms with Crippen LogP contribution in [0.4, 0.5) is 18.0 Å². The third-order valence-electron chi connectivity index (χ3n) is 6.44. The van der Waals surface area contributed by atoms with Gasteiger partial charge < -0.3 is 20.1 Å². The zero-order chi connectivity index (χ0) is 23.0. The van der Waals surface area contributed by atoms with Gasteiger partial charge in [0.2, 0.25) is 0 Å². The summed E-state index contributed by atoms with van der Waals surface area (Å²) >= 11 is 0. The number of alkyl halides is 3. The minimum absolute atomic E-state index is 0.276. The van der Waals surface area contributed by atoms with Gasteiger partial charge in [0.25, 0.3) is 0 Å². The van der Waals surface area contributed by atoms with Crippen molar-refractivity contribution in [2.75, 3.05) is 19.8 Å². The average Bonchev–Trinajstić information content (AvgIpc) is 3.13. The number of benzene rings is 2. The van der Waals surface area contributed by atoms with Crippen molar-refractivity contribution < 1.29 is 27.4 Å². The van der Waals surface area contributed by atoms with Crippen LogP contribution in [0.25, 0.3) is 0 Å². The Labute approximate surface area is 185 Å². The first-order valence-corrected chi connectivity index (χ1v) is 10.7. The molecule has 1 spiro atoms.